The van der Waals surface area contributed by atoms with Gasteiger partial charge in [0.1, 0.15) is 11.5 Å². The lowest BCUT2D eigenvalue weighted by Crippen LogP contribution is -2.02. The van der Waals surface area contributed by atoms with Gasteiger partial charge in [-0.15, -0.1) is 0 Å². The fraction of sp³-hybridized carbons (Fsp3) is 0.0769. The first-order valence-electron chi connectivity index (χ1n) is 5.02. The molecular weight excluding hydrogens is 202 g/mol. The fourth-order valence-corrected chi connectivity index (χ4v) is 1.61. The second kappa shape index (κ2) is 4.68. The molecule has 3 N–H and O–H groups in total. The lowest BCUT2D eigenvalue weighted by Gasteiger charge is -2.05. The molecule has 82 valence electrons. The van der Waals surface area contributed by atoms with Crippen LogP contribution in [0.1, 0.15) is 11.1 Å². The van der Waals surface area contributed by atoms with E-state index in [-0.39, 0.29) is 0 Å². The Morgan fingerprint density at radius 3 is 2.62 bits per heavy atom. The molecule has 0 radical (unpaired) electrons. The highest BCUT2D eigenvalue weighted by atomic mass is 16.6. The van der Waals surface area contributed by atoms with Crippen LogP contribution in [-0.4, -0.2) is 5.11 Å². The Labute approximate surface area is 94.1 Å². The zero-order chi connectivity index (χ0) is 11.4. The quantitative estimate of drug-likeness (QED) is 0.772. The lowest BCUT2D eigenvalue weighted by atomic mass is 10.0. The number of aromatic hydroxyl groups is 1. The number of rotatable bonds is 3. The first-order valence-corrected chi connectivity index (χ1v) is 5.02. The van der Waals surface area contributed by atoms with E-state index in [9.17, 15) is 5.11 Å². The summed E-state index contributed by atoms with van der Waals surface area (Å²) in [7, 11) is 0. The van der Waals surface area contributed by atoms with Crippen molar-refractivity contribution in [3.63, 3.8) is 0 Å². The zero-order valence-corrected chi connectivity index (χ0v) is 8.76. The molecule has 0 bridgehead atoms. The Hall–Kier alpha value is -2.00. The Bertz CT molecular complexity index is 483. The second-order valence-electron chi connectivity index (χ2n) is 3.57. The molecule has 2 aromatic carbocycles. The van der Waals surface area contributed by atoms with Crippen molar-refractivity contribution in [1.82, 2.24) is 0 Å². The van der Waals surface area contributed by atoms with Crippen molar-refractivity contribution in [1.29, 1.82) is 0 Å². The molecule has 0 unspecified atom stereocenters. The topological polar surface area (TPSA) is 55.5 Å². The van der Waals surface area contributed by atoms with Crippen LogP contribution in [0.5, 0.6) is 11.5 Å². The molecule has 0 atom stereocenters. The summed E-state index contributed by atoms with van der Waals surface area (Å²) in [5.74, 6) is 6.02. The van der Waals surface area contributed by atoms with Crippen LogP contribution >= 0.6 is 0 Å². The molecule has 2 rings (SSSR count). The molecule has 0 fully saturated rings. The van der Waals surface area contributed by atoms with Crippen LogP contribution in [-0.2, 0) is 6.42 Å². The summed E-state index contributed by atoms with van der Waals surface area (Å²) in [6, 6.07) is 14.8. The minimum atomic E-state index is 0.307. The molecule has 0 aliphatic heterocycles. The molecule has 16 heavy (non-hydrogen) atoms. The van der Waals surface area contributed by atoms with Gasteiger partial charge < -0.3 is 9.94 Å². The van der Waals surface area contributed by atoms with Crippen LogP contribution in [0.25, 0.3) is 0 Å². The number of hydrogen-bond acceptors (Lipinski definition) is 3. The maximum atomic E-state index is 9.64. The van der Waals surface area contributed by atoms with E-state index in [0.29, 0.717) is 17.9 Å². The SMILES string of the molecule is NOc1cccc(Cc2ccccc2O)c1. The molecule has 0 saturated heterocycles. The average molecular weight is 215 g/mol. The summed E-state index contributed by atoms with van der Waals surface area (Å²) < 4.78 is 0. The lowest BCUT2D eigenvalue weighted by molar-refractivity contribution is 0.334. The number of hydrogen-bond donors (Lipinski definition) is 2. The van der Waals surface area contributed by atoms with Gasteiger partial charge in [-0.05, 0) is 29.3 Å². The highest BCUT2D eigenvalue weighted by Gasteiger charge is 2.02. The van der Waals surface area contributed by atoms with Gasteiger partial charge in [0.05, 0.1) is 0 Å². The number of benzene rings is 2. The number of phenols is 1. The van der Waals surface area contributed by atoms with Crippen molar-refractivity contribution in [2.24, 2.45) is 5.90 Å². The minimum Gasteiger partial charge on any atom is -0.508 e. The Morgan fingerprint density at radius 2 is 1.88 bits per heavy atom. The predicted octanol–water partition coefficient (Wildman–Crippen LogP) is 2.24. The highest BCUT2D eigenvalue weighted by Crippen LogP contribution is 2.21. The largest absolute Gasteiger partial charge is 0.508 e. The van der Waals surface area contributed by atoms with Crippen LogP contribution in [0, 0.1) is 0 Å². The van der Waals surface area contributed by atoms with E-state index in [4.69, 9.17) is 5.90 Å². The van der Waals surface area contributed by atoms with Crippen LogP contribution in [0.2, 0.25) is 0 Å². The molecule has 0 aliphatic rings. The summed E-state index contributed by atoms with van der Waals surface area (Å²) in [6.07, 6.45) is 0.657. The molecule has 0 saturated carbocycles. The monoisotopic (exact) mass is 215 g/mol. The van der Waals surface area contributed by atoms with Crippen LogP contribution in [0.3, 0.4) is 0 Å². The van der Waals surface area contributed by atoms with E-state index in [1.807, 2.05) is 30.3 Å². The maximum Gasteiger partial charge on any atom is 0.147 e. The minimum absolute atomic E-state index is 0.307. The molecule has 0 heterocycles. The number of nitrogens with two attached hydrogens (primary N) is 1. The molecule has 0 aromatic heterocycles. The molecule has 0 amide bonds. The van der Waals surface area contributed by atoms with Gasteiger partial charge in [-0.3, -0.25) is 0 Å². The van der Waals surface area contributed by atoms with Gasteiger partial charge in [0.15, 0.2) is 0 Å². The van der Waals surface area contributed by atoms with Crippen LogP contribution in [0.15, 0.2) is 48.5 Å². The summed E-state index contributed by atoms with van der Waals surface area (Å²) in [4.78, 5) is 4.66. The summed E-state index contributed by atoms with van der Waals surface area (Å²) >= 11 is 0. The van der Waals surface area contributed by atoms with Gasteiger partial charge in [-0.25, -0.2) is 0 Å². The van der Waals surface area contributed by atoms with Gasteiger partial charge >= 0.3 is 0 Å². The molecule has 3 heteroatoms. The average Bonchev–Trinajstić information content (AvgIpc) is 2.32. The Kier molecular flexibility index (Phi) is 3.08. The molecule has 0 spiro atoms. The van der Waals surface area contributed by atoms with Crippen molar-refractivity contribution in [2.75, 3.05) is 0 Å². The molecule has 3 nitrogen and oxygen atoms in total. The second-order valence-corrected chi connectivity index (χ2v) is 3.57. The smallest absolute Gasteiger partial charge is 0.147 e. The first-order chi connectivity index (χ1) is 7.79. The van der Waals surface area contributed by atoms with Crippen LogP contribution < -0.4 is 10.7 Å². The van der Waals surface area contributed by atoms with Crippen molar-refractivity contribution in [3.05, 3.63) is 59.7 Å². The molecule has 0 aliphatic carbocycles. The third-order valence-electron chi connectivity index (χ3n) is 2.42. The van der Waals surface area contributed by atoms with Gasteiger partial charge in [-0.1, -0.05) is 30.3 Å². The van der Waals surface area contributed by atoms with Gasteiger partial charge in [0.25, 0.3) is 0 Å². The third-order valence-corrected chi connectivity index (χ3v) is 2.42. The van der Waals surface area contributed by atoms with E-state index in [1.165, 1.54) is 0 Å². The normalized spacial score (nSPS) is 10.1. The number of para-hydroxylation sites is 1. The summed E-state index contributed by atoms with van der Waals surface area (Å²) in [6.45, 7) is 0. The molecular formula is C13H13NO2. The van der Waals surface area contributed by atoms with E-state index in [0.717, 1.165) is 11.1 Å². The highest BCUT2D eigenvalue weighted by molar-refractivity contribution is 5.38. The van der Waals surface area contributed by atoms with Gasteiger partial charge in [0.2, 0.25) is 0 Å². The maximum absolute atomic E-state index is 9.64. The fourth-order valence-electron chi connectivity index (χ4n) is 1.61. The number of phenolic OH excluding ortho intramolecular Hbond substituents is 1. The summed E-state index contributed by atoms with van der Waals surface area (Å²) in [5.41, 5.74) is 1.93. The van der Waals surface area contributed by atoms with Crippen molar-refractivity contribution in [3.8, 4) is 11.5 Å². The third kappa shape index (κ3) is 2.32. The van der Waals surface area contributed by atoms with E-state index < -0.39 is 0 Å². The van der Waals surface area contributed by atoms with Gasteiger partial charge in [-0.2, -0.15) is 5.90 Å². The Morgan fingerprint density at radius 1 is 1.06 bits per heavy atom. The van der Waals surface area contributed by atoms with Crippen LogP contribution in [0.4, 0.5) is 0 Å². The Balaban J connectivity index is 2.24. The first kappa shape index (κ1) is 10.5. The van der Waals surface area contributed by atoms with Crippen molar-refractivity contribution >= 4 is 0 Å². The van der Waals surface area contributed by atoms with Crippen molar-refractivity contribution < 1.29 is 9.94 Å². The predicted molar refractivity (Wildman–Crippen MR) is 62.2 cm³/mol. The standard InChI is InChI=1S/C13H13NO2/c14-16-12-6-3-4-10(9-12)8-11-5-1-2-7-13(11)15/h1-7,9,15H,8,14H2. The summed E-state index contributed by atoms with van der Waals surface area (Å²) in [5, 5.41) is 9.64. The van der Waals surface area contributed by atoms with E-state index >= 15 is 0 Å². The molecule has 2 aromatic rings. The van der Waals surface area contributed by atoms with E-state index in [1.54, 1.807) is 18.2 Å². The van der Waals surface area contributed by atoms with Gasteiger partial charge in [0, 0.05) is 6.42 Å². The van der Waals surface area contributed by atoms with E-state index in [2.05, 4.69) is 4.84 Å². The van der Waals surface area contributed by atoms with Crippen molar-refractivity contribution in [2.45, 2.75) is 6.42 Å². The zero-order valence-electron chi connectivity index (χ0n) is 8.76.